The van der Waals surface area contributed by atoms with Crippen molar-refractivity contribution in [2.45, 2.75) is 20.8 Å². The van der Waals surface area contributed by atoms with Gasteiger partial charge in [-0.2, -0.15) is 0 Å². The van der Waals surface area contributed by atoms with Crippen molar-refractivity contribution in [1.29, 1.82) is 0 Å². The summed E-state index contributed by atoms with van der Waals surface area (Å²) in [6.45, 7) is 5.34. The quantitative estimate of drug-likeness (QED) is 0.737. The topological polar surface area (TPSA) is 55.1 Å². The molecule has 0 bridgehead atoms. The number of anilines is 2. The Morgan fingerprint density at radius 1 is 1.00 bits per heavy atom. The van der Waals surface area contributed by atoms with Crippen molar-refractivity contribution < 1.29 is 4.79 Å². The fourth-order valence-electron chi connectivity index (χ4n) is 1.53. The van der Waals surface area contributed by atoms with Gasteiger partial charge in [-0.1, -0.05) is 35.3 Å². The Hall–Kier alpha value is -1.71. The van der Waals surface area contributed by atoms with Gasteiger partial charge in [0.15, 0.2) is 0 Å². The molecule has 0 unspecified atom stereocenters. The summed E-state index contributed by atoms with van der Waals surface area (Å²) in [5.41, 5.74) is 9.14. The number of nitrogen functional groups attached to an aromatic ring is 1. The van der Waals surface area contributed by atoms with E-state index in [0.717, 1.165) is 22.5 Å². The lowest BCUT2D eigenvalue weighted by Crippen LogP contribution is -2.06. The Balaban J connectivity index is 0.000000219. The molecule has 2 aromatic carbocycles. The lowest BCUT2D eigenvalue weighted by molar-refractivity contribution is -0.114. The standard InChI is InChI=1S/C9H10ClNO.C7H8ClN/c1-6-3-4-8(10)5-9(6)11-7(2)12;1-5-2-3-6(8)4-7(5)9/h3-5H,1-2H3,(H,11,12);2-4H,9H2,1H3. The van der Waals surface area contributed by atoms with E-state index >= 15 is 0 Å². The lowest BCUT2D eigenvalue weighted by atomic mass is 10.2. The zero-order valence-electron chi connectivity index (χ0n) is 12.2. The van der Waals surface area contributed by atoms with Crippen molar-refractivity contribution in [3.63, 3.8) is 0 Å². The van der Waals surface area contributed by atoms with Crippen LogP contribution in [-0.2, 0) is 4.79 Å². The van der Waals surface area contributed by atoms with Gasteiger partial charge in [-0.25, -0.2) is 0 Å². The van der Waals surface area contributed by atoms with Crippen LogP contribution in [0, 0.1) is 13.8 Å². The van der Waals surface area contributed by atoms with Crippen LogP contribution in [0.1, 0.15) is 18.1 Å². The molecule has 0 saturated heterocycles. The van der Waals surface area contributed by atoms with E-state index in [1.54, 1.807) is 18.2 Å². The van der Waals surface area contributed by atoms with E-state index in [9.17, 15) is 4.79 Å². The van der Waals surface area contributed by atoms with Crippen LogP contribution in [0.3, 0.4) is 0 Å². The summed E-state index contributed by atoms with van der Waals surface area (Å²) in [7, 11) is 0. The average Bonchev–Trinajstić information content (AvgIpc) is 2.39. The zero-order valence-corrected chi connectivity index (χ0v) is 13.7. The number of hydrogen-bond acceptors (Lipinski definition) is 2. The maximum atomic E-state index is 10.7. The molecule has 0 aliphatic carbocycles. The first-order valence-electron chi connectivity index (χ1n) is 6.35. The molecule has 0 aromatic heterocycles. The molecule has 0 radical (unpaired) electrons. The number of aryl methyl sites for hydroxylation is 2. The molecule has 2 rings (SSSR count). The maximum Gasteiger partial charge on any atom is 0.221 e. The van der Waals surface area contributed by atoms with Gasteiger partial charge in [-0.3, -0.25) is 4.79 Å². The Bertz CT molecular complexity index is 642. The second-order valence-electron chi connectivity index (χ2n) is 4.64. The highest BCUT2D eigenvalue weighted by Crippen LogP contribution is 2.19. The molecule has 0 saturated carbocycles. The highest BCUT2D eigenvalue weighted by molar-refractivity contribution is 6.31. The molecule has 21 heavy (non-hydrogen) atoms. The number of amides is 1. The minimum Gasteiger partial charge on any atom is -0.398 e. The fourth-order valence-corrected chi connectivity index (χ4v) is 1.88. The second-order valence-corrected chi connectivity index (χ2v) is 5.51. The molecule has 3 N–H and O–H groups in total. The van der Waals surface area contributed by atoms with E-state index in [1.807, 2.05) is 32.0 Å². The first-order valence-corrected chi connectivity index (χ1v) is 7.10. The molecule has 0 atom stereocenters. The first-order chi connectivity index (χ1) is 9.79. The number of nitrogens with one attached hydrogen (secondary N) is 1. The number of carbonyl (C=O) groups is 1. The Morgan fingerprint density at radius 2 is 1.52 bits per heavy atom. The van der Waals surface area contributed by atoms with Gasteiger partial charge in [-0.15, -0.1) is 0 Å². The molecule has 0 aliphatic rings. The van der Waals surface area contributed by atoms with E-state index in [1.165, 1.54) is 6.92 Å². The molecule has 0 aliphatic heterocycles. The number of hydrogen-bond donors (Lipinski definition) is 2. The van der Waals surface area contributed by atoms with Crippen LogP contribution >= 0.6 is 23.2 Å². The summed E-state index contributed by atoms with van der Waals surface area (Å²) in [6, 6.07) is 10.9. The predicted octanol–water partition coefficient (Wildman–Crippen LogP) is 4.84. The highest BCUT2D eigenvalue weighted by atomic mass is 35.5. The van der Waals surface area contributed by atoms with Crippen LogP contribution in [0.2, 0.25) is 10.0 Å². The normalized spacial score (nSPS) is 9.57. The maximum absolute atomic E-state index is 10.7. The molecule has 0 fully saturated rings. The van der Waals surface area contributed by atoms with Crippen molar-refractivity contribution in [2.75, 3.05) is 11.1 Å². The summed E-state index contributed by atoms with van der Waals surface area (Å²) in [5.74, 6) is -0.0830. The van der Waals surface area contributed by atoms with Gasteiger partial charge in [0, 0.05) is 28.3 Å². The number of benzene rings is 2. The summed E-state index contributed by atoms with van der Waals surface area (Å²) < 4.78 is 0. The Labute approximate surface area is 135 Å². The van der Waals surface area contributed by atoms with Crippen LogP contribution < -0.4 is 11.1 Å². The van der Waals surface area contributed by atoms with Gasteiger partial charge >= 0.3 is 0 Å². The van der Waals surface area contributed by atoms with Gasteiger partial charge in [0.25, 0.3) is 0 Å². The lowest BCUT2D eigenvalue weighted by Gasteiger charge is -2.05. The van der Waals surface area contributed by atoms with Gasteiger partial charge < -0.3 is 11.1 Å². The zero-order chi connectivity index (χ0) is 16.0. The summed E-state index contributed by atoms with van der Waals surface area (Å²) >= 11 is 11.4. The van der Waals surface area contributed by atoms with Crippen molar-refractivity contribution in [3.8, 4) is 0 Å². The number of nitrogens with two attached hydrogens (primary N) is 1. The average molecular weight is 325 g/mol. The Morgan fingerprint density at radius 3 is 2.00 bits per heavy atom. The third-order valence-corrected chi connectivity index (χ3v) is 3.22. The molecule has 112 valence electrons. The Kier molecular flexibility index (Phi) is 6.53. The summed E-state index contributed by atoms with van der Waals surface area (Å²) in [6.07, 6.45) is 0. The minimum atomic E-state index is -0.0830. The van der Waals surface area contributed by atoms with Gasteiger partial charge in [0.1, 0.15) is 0 Å². The van der Waals surface area contributed by atoms with Crippen molar-refractivity contribution in [2.24, 2.45) is 0 Å². The largest absolute Gasteiger partial charge is 0.398 e. The van der Waals surface area contributed by atoms with Crippen LogP contribution in [0.15, 0.2) is 36.4 Å². The van der Waals surface area contributed by atoms with Crippen molar-refractivity contribution in [1.82, 2.24) is 0 Å². The third kappa shape index (κ3) is 6.06. The second kappa shape index (κ2) is 7.91. The van der Waals surface area contributed by atoms with Crippen molar-refractivity contribution in [3.05, 3.63) is 57.6 Å². The van der Waals surface area contributed by atoms with Crippen LogP contribution in [-0.4, -0.2) is 5.91 Å². The summed E-state index contributed by atoms with van der Waals surface area (Å²) in [5, 5.41) is 4.01. The van der Waals surface area contributed by atoms with Gasteiger partial charge in [0.05, 0.1) is 0 Å². The number of rotatable bonds is 1. The van der Waals surface area contributed by atoms with E-state index in [0.29, 0.717) is 10.0 Å². The molecular formula is C16H18Cl2N2O. The van der Waals surface area contributed by atoms with E-state index < -0.39 is 0 Å². The van der Waals surface area contributed by atoms with Crippen LogP contribution in [0.4, 0.5) is 11.4 Å². The molecule has 0 spiro atoms. The van der Waals surface area contributed by atoms with Gasteiger partial charge in [-0.05, 0) is 49.2 Å². The minimum absolute atomic E-state index is 0.0830. The highest BCUT2D eigenvalue weighted by Gasteiger charge is 1.99. The van der Waals surface area contributed by atoms with Crippen molar-refractivity contribution >= 4 is 40.5 Å². The predicted molar refractivity (Wildman–Crippen MR) is 91.1 cm³/mol. The van der Waals surface area contributed by atoms with E-state index in [-0.39, 0.29) is 5.91 Å². The SMILES string of the molecule is CC(=O)Nc1cc(Cl)ccc1C.Cc1ccc(Cl)cc1N. The third-order valence-electron chi connectivity index (χ3n) is 2.75. The smallest absolute Gasteiger partial charge is 0.221 e. The molecule has 0 heterocycles. The molecule has 3 nitrogen and oxygen atoms in total. The first kappa shape index (κ1) is 17.3. The molecule has 5 heteroatoms. The monoisotopic (exact) mass is 324 g/mol. The fraction of sp³-hybridized carbons (Fsp3) is 0.188. The van der Waals surface area contributed by atoms with Crippen LogP contribution in [0.5, 0.6) is 0 Å². The van der Waals surface area contributed by atoms with E-state index in [2.05, 4.69) is 5.32 Å². The van der Waals surface area contributed by atoms with Crippen LogP contribution in [0.25, 0.3) is 0 Å². The molecule has 1 amide bonds. The van der Waals surface area contributed by atoms with E-state index in [4.69, 9.17) is 28.9 Å². The molecule has 2 aromatic rings. The van der Waals surface area contributed by atoms with Gasteiger partial charge in [0.2, 0.25) is 5.91 Å². The summed E-state index contributed by atoms with van der Waals surface area (Å²) in [4.78, 5) is 10.7. The number of carbonyl (C=O) groups excluding carboxylic acids is 1. The number of halogens is 2. The molecular weight excluding hydrogens is 307 g/mol.